The van der Waals surface area contributed by atoms with E-state index in [0.29, 0.717) is 18.1 Å². The highest BCUT2D eigenvalue weighted by molar-refractivity contribution is 7.91. The van der Waals surface area contributed by atoms with Crippen LogP contribution < -0.4 is 10.6 Å². The molecule has 156 valence electrons. The van der Waals surface area contributed by atoms with Crippen molar-refractivity contribution in [3.8, 4) is 5.82 Å². The number of rotatable bonds is 6. The molecule has 0 unspecified atom stereocenters. The van der Waals surface area contributed by atoms with Crippen molar-refractivity contribution in [1.82, 2.24) is 20.1 Å². The lowest BCUT2D eigenvalue weighted by atomic mass is 10.3. The number of hydrogen-bond donors (Lipinski definition) is 2. The summed E-state index contributed by atoms with van der Waals surface area (Å²) in [5.41, 5.74) is 1.31. The SMILES string of the molecule is O=C(NCc1ccc(-n2cccn2)nc1)Nc1ccc(S(=O)(=O)c2ccccc2)cc1. The number of benzene rings is 2. The maximum atomic E-state index is 12.6. The second kappa shape index (κ2) is 8.80. The van der Waals surface area contributed by atoms with E-state index in [1.165, 1.54) is 12.1 Å². The Hall–Kier alpha value is -3.98. The molecule has 4 aromatic rings. The fraction of sp³-hybridized carbons (Fsp3) is 0.0455. The third kappa shape index (κ3) is 4.78. The van der Waals surface area contributed by atoms with Crippen molar-refractivity contribution in [2.45, 2.75) is 16.3 Å². The maximum Gasteiger partial charge on any atom is 0.319 e. The standard InChI is InChI=1S/C22H19N5O3S/c28-22(24-16-17-7-12-21(23-15-17)27-14-4-13-25-27)26-18-8-10-20(11-9-18)31(29,30)19-5-2-1-3-6-19/h1-15H,16H2,(H2,24,26,28). The van der Waals surface area contributed by atoms with Gasteiger partial charge < -0.3 is 10.6 Å². The summed E-state index contributed by atoms with van der Waals surface area (Å²) in [5.74, 6) is 0.684. The molecule has 0 aliphatic rings. The topological polar surface area (TPSA) is 106 Å². The first kappa shape index (κ1) is 20.3. The fourth-order valence-electron chi connectivity index (χ4n) is 2.87. The molecule has 0 atom stereocenters. The number of pyridine rings is 1. The lowest BCUT2D eigenvalue weighted by Gasteiger charge is -2.09. The number of hydrogen-bond acceptors (Lipinski definition) is 5. The average molecular weight is 433 g/mol. The van der Waals surface area contributed by atoms with Gasteiger partial charge in [0.25, 0.3) is 0 Å². The molecule has 0 fully saturated rings. The molecule has 8 nitrogen and oxygen atoms in total. The van der Waals surface area contributed by atoms with Gasteiger partial charge in [-0.3, -0.25) is 0 Å². The largest absolute Gasteiger partial charge is 0.334 e. The van der Waals surface area contributed by atoms with Crippen LogP contribution in [0.25, 0.3) is 5.82 Å². The molecule has 9 heteroatoms. The van der Waals surface area contributed by atoms with Crippen molar-refractivity contribution in [3.63, 3.8) is 0 Å². The number of nitrogens with one attached hydrogen (secondary N) is 2. The van der Waals surface area contributed by atoms with Gasteiger partial charge in [0, 0.05) is 30.8 Å². The van der Waals surface area contributed by atoms with E-state index in [-0.39, 0.29) is 9.79 Å². The van der Waals surface area contributed by atoms with Gasteiger partial charge in [-0.15, -0.1) is 0 Å². The molecule has 0 saturated heterocycles. The Morgan fingerprint density at radius 2 is 1.65 bits per heavy atom. The van der Waals surface area contributed by atoms with Gasteiger partial charge in [-0.2, -0.15) is 5.10 Å². The first-order chi connectivity index (χ1) is 15.0. The van der Waals surface area contributed by atoms with E-state index in [1.54, 1.807) is 65.7 Å². The molecule has 2 N–H and O–H groups in total. The Kier molecular flexibility index (Phi) is 5.76. The monoisotopic (exact) mass is 433 g/mol. The highest BCUT2D eigenvalue weighted by atomic mass is 32.2. The van der Waals surface area contributed by atoms with Gasteiger partial charge in [-0.1, -0.05) is 24.3 Å². The summed E-state index contributed by atoms with van der Waals surface area (Å²) in [5, 5.41) is 9.54. The van der Waals surface area contributed by atoms with Gasteiger partial charge in [0.05, 0.1) is 9.79 Å². The van der Waals surface area contributed by atoms with Crippen LogP contribution in [-0.4, -0.2) is 29.2 Å². The number of carbonyl (C=O) groups excluding carboxylic acids is 1. The molecular formula is C22H19N5O3S. The van der Waals surface area contributed by atoms with Crippen LogP contribution >= 0.6 is 0 Å². The third-order valence-corrected chi connectivity index (χ3v) is 6.26. The van der Waals surface area contributed by atoms with Gasteiger partial charge in [0.1, 0.15) is 0 Å². The van der Waals surface area contributed by atoms with Gasteiger partial charge in [-0.05, 0) is 54.1 Å². The molecule has 2 heterocycles. The molecule has 0 aliphatic heterocycles. The molecule has 2 aromatic heterocycles. The van der Waals surface area contributed by atoms with E-state index in [0.717, 1.165) is 5.56 Å². The van der Waals surface area contributed by atoms with E-state index in [2.05, 4.69) is 20.7 Å². The summed E-state index contributed by atoms with van der Waals surface area (Å²) < 4.78 is 26.9. The molecule has 0 aliphatic carbocycles. The van der Waals surface area contributed by atoms with E-state index in [4.69, 9.17) is 0 Å². The zero-order valence-electron chi connectivity index (χ0n) is 16.3. The highest BCUT2D eigenvalue weighted by Crippen LogP contribution is 2.22. The van der Waals surface area contributed by atoms with Crippen LogP contribution in [0.4, 0.5) is 10.5 Å². The zero-order valence-corrected chi connectivity index (χ0v) is 17.2. The second-order valence-corrected chi connectivity index (χ2v) is 8.57. The van der Waals surface area contributed by atoms with Crippen LogP contribution in [0.2, 0.25) is 0 Å². The summed E-state index contributed by atoms with van der Waals surface area (Å²) in [7, 11) is -3.59. The summed E-state index contributed by atoms with van der Waals surface area (Å²) >= 11 is 0. The molecule has 31 heavy (non-hydrogen) atoms. The number of amides is 2. The average Bonchev–Trinajstić information content (AvgIpc) is 3.34. The summed E-state index contributed by atoms with van der Waals surface area (Å²) in [4.78, 5) is 16.9. The normalized spacial score (nSPS) is 11.1. The van der Waals surface area contributed by atoms with E-state index in [9.17, 15) is 13.2 Å². The summed E-state index contributed by atoms with van der Waals surface area (Å²) in [6.45, 7) is 0.290. The second-order valence-electron chi connectivity index (χ2n) is 6.62. The molecule has 4 rings (SSSR count). The quantitative estimate of drug-likeness (QED) is 0.485. The van der Waals surface area contributed by atoms with Crippen LogP contribution in [0.5, 0.6) is 0 Å². The van der Waals surface area contributed by atoms with Crippen molar-refractivity contribution >= 4 is 21.6 Å². The van der Waals surface area contributed by atoms with Gasteiger partial charge in [-0.25, -0.2) is 22.9 Å². The van der Waals surface area contributed by atoms with Gasteiger partial charge >= 0.3 is 6.03 Å². The number of nitrogens with zero attached hydrogens (tertiary/aromatic N) is 3. The Morgan fingerprint density at radius 3 is 2.29 bits per heavy atom. The predicted molar refractivity (Wildman–Crippen MR) is 116 cm³/mol. The Bertz CT molecular complexity index is 1260. The van der Waals surface area contributed by atoms with E-state index in [1.807, 2.05) is 18.2 Å². The minimum Gasteiger partial charge on any atom is -0.334 e. The number of anilines is 1. The third-order valence-electron chi connectivity index (χ3n) is 4.48. The number of carbonyl (C=O) groups is 1. The van der Waals surface area contributed by atoms with Crippen molar-refractivity contribution in [2.24, 2.45) is 0 Å². The minimum atomic E-state index is -3.59. The van der Waals surface area contributed by atoms with Crippen molar-refractivity contribution in [2.75, 3.05) is 5.32 Å². The summed E-state index contributed by atoms with van der Waals surface area (Å²) in [6.07, 6.45) is 5.13. The van der Waals surface area contributed by atoms with E-state index < -0.39 is 15.9 Å². The number of aromatic nitrogens is 3. The first-order valence-corrected chi connectivity index (χ1v) is 10.9. The van der Waals surface area contributed by atoms with Crippen molar-refractivity contribution in [3.05, 3.63) is 97.0 Å². The minimum absolute atomic E-state index is 0.160. The fourth-order valence-corrected chi connectivity index (χ4v) is 4.15. The smallest absolute Gasteiger partial charge is 0.319 e. The van der Waals surface area contributed by atoms with Crippen LogP contribution in [0, 0.1) is 0 Å². The first-order valence-electron chi connectivity index (χ1n) is 9.42. The molecule has 2 amide bonds. The zero-order chi connectivity index (χ0) is 21.7. The molecule has 0 bridgehead atoms. The maximum absolute atomic E-state index is 12.6. The number of urea groups is 1. The molecule has 2 aromatic carbocycles. The Labute approximate surface area is 179 Å². The lowest BCUT2D eigenvalue weighted by Crippen LogP contribution is -2.28. The summed E-state index contributed by atoms with van der Waals surface area (Å²) in [6, 6.07) is 19.3. The van der Waals surface area contributed by atoms with Crippen LogP contribution in [0.15, 0.2) is 101 Å². The number of sulfone groups is 1. The predicted octanol–water partition coefficient (Wildman–Crippen LogP) is 3.42. The van der Waals surface area contributed by atoms with Crippen LogP contribution in [0.1, 0.15) is 5.56 Å². The van der Waals surface area contributed by atoms with Gasteiger partial charge in [0.2, 0.25) is 9.84 Å². The van der Waals surface area contributed by atoms with Crippen molar-refractivity contribution in [1.29, 1.82) is 0 Å². The molecular weight excluding hydrogens is 414 g/mol. The Balaban J connectivity index is 1.34. The molecule has 0 saturated carbocycles. The van der Waals surface area contributed by atoms with Gasteiger partial charge in [0.15, 0.2) is 5.82 Å². The highest BCUT2D eigenvalue weighted by Gasteiger charge is 2.17. The Morgan fingerprint density at radius 1 is 0.903 bits per heavy atom. The van der Waals surface area contributed by atoms with Crippen LogP contribution in [-0.2, 0) is 16.4 Å². The molecule has 0 radical (unpaired) electrons. The van der Waals surface area contributed by atoms with Crippen LogP contribution in [0.3, 0.4) is 0 Å². The lowest BCUT2D eigenvalue weighted by molar-refractivity contribution is 0.251. The molecule has 0 spiro atoms. The van der Waals surface area contributed by atoms with Crippen molar-refractivity contribution < 1.29 is 13.2 Å². The van der Waals surface area contributed by atoms with E-state index >= 15 is 0 Å².